The Morgan fingerprint density at radius 2 is 1.81 bits per heavy atom. The van der Waals surface area contributed by atoms with Crippen LogP contribution < -0.4 is 69.2 Å². The molecule has 1 aliphatic heterocycles. The van der Waals surface area contributed by atoms with Crippen molar-refractivity contribution in [3.63, 3.8) is 0 Å². The van der Waals surface area contributed by atoms with E-state index in [-0.39, 0.29) is 75.4 Å². The molecule has 1 amide bonds. The summed E-state index contributed by atoms with van der Waals surface area (Å²) in [6, 6.07) is 8.57. The fourth-order valence-corrected chi connectivity index (χ4v) is 3.59. The predicted octanol–water partition coefficient (Wildman–Crippen LogP) is -4.83. The van der Waals surface area contributed by atoms with Crippen molar-refractivity contribution in [2.45, 2.75) is 17.9 Å². The van der Waals surface area contributed by atoms with Gasteiger partial charge in [-0.15, -0.1) is 0 Å². The molecule has 14 heteroatoms. The molecular formula is C17H11ClN4Na2O6S. The summed E-state index contributed by atoms with van der Waals surface area (Å²) in [5.74, 6) is -2.61. The molecule has 1 aliphatic rings. The first-order valence-electron chi connectivity index (χ1n) is 7.95. The number of carboxylic acid groups (broad SMARTS) is 1. The summed E-state index contributed by atoms with van der Waals surface area (Å²) in [6.45, 7) is 1.39. The van der Waals surface area contributed by atoms with Gasteiger partial charge < -0.3 is 14.5 Å². The van der Waals surface area contributed by atoms with Crippen LogP contribution in [-0.4, -0.2) is 36.6 Å². The Kier molecular flexibility index (Phi) is 10.0. The van der Waals surface area contributed by atoms with Crippen molar-refractivity contribution in [1.29, 1.82) is 0 Å². The largest absolute Gasteiger partial charge is 1.00 e. The number of aryl methyl sites for hydroxylation is 1. The summed E-state index contributed by atoms with van der Waals surface area (Å²) >= 11 is 6.05. The minimum absolute atomic E-state index is 0. The summed E-state index contributed by atoms with van der Waals surface area (Å²) < 4.78 is 33.6. The molecule has 2 aromatic rings. The van der Waals surface area contributed by atoms with Gasteiger partial charge in [-0.1, -0.05) is 29.8 Å². The number of amides is 1. The zero-order chi connectivity index (χ0) is 21.3. The molecule has 0 N–H and O–H groups in total. The van der Waals surface area contributed by atoms with E-state index in [1.807, 2.05) is 0 Å². The van der Waals surface area contributed by atoms with E-state index >= 15 is 0 Å². The molecule has 1 unspecified atom stereocenters. The van der Waals surface area contributed by atoms with Crippen LogP contribution in [0.2, 0.25) is 5.02 Å². The minimum Gasteiger partial charge on any atom is -0.744 e. The third-order valence-electron chi connectivity index (χ3n) is 3.89. The van der Waals surface area contributed by atoms with Crippen LogP contribution in [0.25, 0.3) is 0 Å². The van der Waals surface area contributed by atoms with Gasteiger partial charge in [0.25, 0.3) is 5.91 Å². The number of hydrogen-bond acceptors (Lipinski definition) is 9. The smallest absolute Gasteiger partial charge is 0.744 e. The number of rotatable bonds is 5. The minimum atomic E-state index is -4.79. The van der Waals surface area contributed by atoms with Crippen molar-refractivity contribution in [2.24, 2.45) is 15.3 Å². The van der Waals surface area contributed by atoms with Gasteiger partial charge in [-0.2, -0.15) is 20.3 Å². The van der Waals surface area contributed by atoms with E-state index in [4.69, 9.17) is 11.6 Å². The van der Waals surface area contributed by atoms with E-state index in [0.29, 0.717) is 10.7 Å². The second-order valence-electron chi connectivity index (χ2n) is 5.90. The molecule has 1 heterocycles. The van der Waals surface area contributed by atoms with Crippen LogP contribution in [0.3, 0.4) is 0 Å². The first-order valence-corrected chi connectivity index (χ1v) is 9.74. The number of benzene rings is 2. The Hall–Kier alpha value is -1.15. The van der Waals surface area contributed by atoms with Crippen LogP contribution in [0.5, 0.6) is 0 Å². The van der Waals surface area contributed by atoms with E-state index in [1.165, 1.54) is 6.92 Å². The van der Waals surface area contributed by atoms with Gasteiger partial charge in [-0.3, -0.25) is 4.79 Å². The van der Waals surface area contributed by atoms with Crippen LogP contribution in [0.1, 0.15) is 5.56 Å². The summed E-state index contributed by atoms with van der Waals surface area (Å²) in [6.07, 6.45) is 0. The third kappa shape index (κ3) is 6.21. The molecule has 0 spiro atoms. The Bertz CT molecular complexity index is 1150. The predicted molar refractivity (Wildman–Crippen MR) is 98.8 cm³/mol. The van der Waals surface area contributed by atoms with Crippen molar-refractivity contribution in [2.75, 3.05) is 5.01 Å². The number of hydrazone groups is 1. The molecule has 0 fully saturated rings. The first kappa shape index (κ1) is 27.9. The van der Waals surface area contributed by atoms with Crippen LogP contribution in [0.15, 0.2) is 62.7 Å². The number of hydrogen-bond donors (Lipinski definition) is 0. The quantitative estimate of drug-likeness (QED) is 0.237. The molecule has 150 valence electrons. The zero-order valence-electron chi connectivity index (χ0n) is 16.6. The SMILES string of the molecule is Cc1cc(S(=O)(=O)[O-])cc(Cl)c1N1N=C(C(=O)[O-])C(N=Nc2ccccc2)C1=O.[Na+].[Na+]. The van der Waals surface area contributed by atoms with Crippen LogP contribution in [0, 0.1) is 6.92 Å². The second kappa shape index (κ2) is 11.1. The topological polar surface area (TPSA) is 155 Å². The molecule has 3 rings (SSSR count). The van der Waals surface area contributed by atoms with E-state index in [2.05, 4.69) is 15.3 Å². The maximum absolute atomic E-state index is 12.8. The number of anilines is 1. The van der Waals surface area contributed by atoms with E-state index in [0.717, 1.165) is 12.1 Å². The normalized spacial score (nSPS) is 16.0. The Balaban J connectivity index is 0.00000240. The van der Waals surface area contributed by atoms with Gasteiger partial charge in [0.1, 0.15) is 15.8 Å². The molecule has 31 heavy (non-hydrogen) atoms. The fourth-order valence-electron chi connectivity index (χ4n) is 2.60. The molecule has 0 saturated carbocycles. The van der Waals surface area contributed by atoms with Crippen molar-refractivity contribution in [3.8, 4) is 0 Å². The second-order valence-corrected chi connectivity index (χ2v) is 7.69. The Morgan fingerprint density at radius 3 is 2.32 bits per heavy atom. The maximum atomic E-state index is 12.8. The van der Waals surface area contributed by atoms with E-state index in [9.17, 15) is 27.7 Å². The molecule has 1 atom stereocenters. The van der Waals surface area contributed by atoms with Crippen molar-refractivity contribution < 1.29 is 86.8 Å². The summed E-state index contributed by atoms with van der Waals surface area (Å²) in [5, 5.41) is 23.1. The van der Waals surface area contributed by atoms with Crippen LogP contribution in [0.4, 0.5) is 11.4 Å². The summed E-state index contributed by atoms with van der Waals surface area (Å²) in [7, 11) is -4.79. The number of halogens is 1. The monoisotopic (exact) mass is 480 g/mol. The van der Waals surface area contributed by atoms with Gasteiger partial charge in [0.05, 0.1) is 27.3 Å². The van der Waals surface area contributed by atoms with Crippen molar-refractivity contribution in [1.82, 2.24) is 0 Å². The van der Waals surface area contributed by atoms with Gasteiger partial charge in [0.2, 0.25) is 0 Å². The van der Waals surface area contributed by atoms with Gasteiger partial charge >= 0.3 is 59.1 Å². The fraction of sp³-hybridized carbons (Fsp3) is 0.118. The van der Waals surface area contributed by atoms with E-state index in [1.54, 1.807) is 30.3 Å². The molecule has 10 nitrogen and oxygen atoms in total. The number of carbonyl (C=O) groups excluding carboxylic acids is 2. The first-order chi connectivity index (χ1) is 13.6. The van der Waals surface area contributed by atoms with Gasteiger partial charge in [0, 0.05) is 0 Å². The van der Waals surface area contributed by atoms with Gasteiger partial charge in [-0.05, 0) is 36.8 Å². The summed E-state index contributed by atoms with van der Waals surface area (Å²) in [4.78, 5) is 23.6. The van der Waals surface area contributed by atoms with Gasteiger partial charge in [0.15, 0.2) is 6.04 Å². The molecule has 0 aromatic heterocycles. The Labute approximate surface area is 226 Å². The number of carboxylic acids is 1. The van der Waals surface area contributed by atoms with Gasteiger partial charge in [-0.25, -0.2) is 8.42 Å². The molecule has 0 bridgehead atoms. The maximum Gasteiger partial charge on any atom is 1.00 e. The molecule has 0 saturated heterocycles. The van der Waals surface area contributed by atoms with E-state index < -0.39 is 38.6 Å². The number of carbonyl (C=O) groups is 2. The average molecular weight is 481 g/mol. The standard InChI is InChI=1S/C17H13ClN4O6S.2Na/c1-9-7-11(29(26,27)28)8-12(18)15(9)22-16(23)13(14(21-22)17(24)25)20-19-10-5-3-2-4-6-10;;/h2-8,13H,1H3,(H,24,25)(H,26,27,28);;/q;2*+1/p-2. The Morgan fingerprint density at radius 1 is 1.19 bits per heavy atom. The third-order valence-corrected chi connectivity index (χ3v) is 4.99. The van der Waals surface area contributed by atoms with Crippen molar-refractivity contribution >= 4 is 50.7 Å². The molecule has 0 radical (unpaired) electrons. The average Bonchev–Trinajstić information content (AvgIpc) is 2.96. The number of azo groups is 1. The van der Waals surface area contributed by atoms with Crippen LogP contribution in [-0.2, 0) is 19.7 Å². The zero-order valence-corrected chi connectivity index (χ0v) is 22.2. The molecule has 0 aliphatic carbocycles. The van der Waals surface area contributed by atoms with Crippen LogP contribution >= 0.6 is 11.6 Å². The number of nitrogens with zero attached hydrogens (tertiary/aromatic N) is 4. The number of aliphatic carboxylic acids is 1. The molecule has 2 aromatic carbocycles. The van der Waals surface area contributed by atoms with Crippen molar-refractivity contribution in [3.05, 3.63) is 53.1 Å². The molecular weight excluding hydrogens is 470 g/mol. The summed E-state index contributed by atoms with van der Waals surface area (Å²) in [5.41, 5.74) is -0.274.